The molecule has 0 unspecified atom stereocenters. The van der Waals surface area contributed by atoms with Gasteiger partial charge >= 0.3 is 0 Å². The van der Waals surface area contributed by atoms with Gasteiger partial charge in [0, 0.05) is 25.2 Å². The molecular weight excluding hydrogens is 207 g/mol. The van der Waals surface area contributed by atoms with Gasteiger partial charge in [-0.2, -0.15) is 4.39 Å². The van der Waals surface area contributed by atoms with Crippen molar-refractivity contribution in [3.63, 3.8) is 0 Å². The van der Waals surface area contributed by atoms with Crippen LogP contribution in [0.25, 0.3) is 0 Å². The Hall–Kier alpha value is -1.23. The van der Waals surface area contributed by atoms with Crippen molar-refractivity contribution in [2.24, 2.45) is 0 Å². The van der Waals surface area contributed by atoms with E-state index in [0.717, 1.165) is 6.07 Å². The van der Waals surface area contributed by atoms with E-state index < -0.39 is 23.1 Å². The van der Waals surface area contributed by atoms with Crippen LogP contribution in [0.1, 0.15) is 6.92 Å². The second kappa shape index (κ2) is 3.41. The Balaban J connectivity index is 2.27. The highest BCUT2D eigenvalue weighted by Gasteiger charge is 2.35. The van der Waals surface area contributed by atoms with Gasteiger partial charge in [-0.05, 0) is 6.92 Å². The molecule has 2 rings (SSSR count). The van der Waals surface area contributed by atoms with Crippen molar-refractivity contribution < 1.29 is 17.9 Å². The summed E-state index contributed by atoms with van der Waals surface area (Å²) in [4.78, 5) is 0. The number of benzene rings is 1. The van der Waals surface area contributed by atoms with E-state index in [1.54, 1.807) is 6.92 Å². The van der Waals surface area contributed by atoms with E-state index in [9.17, 15) is 13.2 Å². The Bertz CT molecular complexity index is 390. The molecule has 1 saturated heterocycles. The maximum atomic E-state index is 13.2. The first-order chi connectivity index (χ1) is 7.00. The fourth-order valence-corrected chi connectivity index (χ4v) is 1.42. The average Bonchev–Trinajstić information content (AvgIpc) is 2.11. The Morgan fingerprint density at radius 1 is 1.27 bits per heavy atom. The third kappa shape index (κ3) is 1.92. The van der Waals surface area contributed by atoms with Crippen molar-refractivity contribution in [3.8, 4) is 5.75 Å². The van der Waals surface area contributed by atoms with Crippen LogP contribution in [-0.2, 0) is 0 Å². The minimum Gasteiger partial charge on any atom is -0.482 e. The van der Waals surface area contributed by atoms with E-state index in [1.165, 1.54) is 0 Å². The van der Waals surface area contributed by atoms with Crippen molar-refractivity contribution in [1.29, 1.82) is 0 Å². The monoisotopic (exact) mass is 217 g/mol. The zero-order valence-corrected chi connectivity index (χ0v) is 8.11. The van der Waals surface area contributed by atoms with Crippen LogP contribution >= 0.6 is 0 Å². The molecule has 0 saturated carbocycles. The standard InChI is InChI=1S/C10H10F3NO/c1-10(4-14-5-10)15-8-3-6(11)2-7(12)9(8)13/h2-3,14H,4-5H2,1H3. The number of ether oxygens (including phenoxy) is 1. The molecule has 0 aliphatic carbocycles. The van der Waals surface area contributed by atoms with Crippen molar-refractivity contribution in [2.75, 3.05) is 13.1 Å². The second-order valence-corrected chi connectivity index (χ2v) is 3.86. The lowest BCUT2D eigenvalue weighted by molar-refractivity contribution is 0.0302. The van der Waals surface area contributed by atoms with Gasteiger partial charge in [0.15, 0.2) is 11.6 Å². The van der Waals surface area contributed by atoms with Crippen molar-refractivity contribution in [2.45, 2.75) is 12.5 Å². The van der Waals surface area contributed by atoms with Crippen LogP contribution in [0.4, 0.5) is 13.2 Å². The molecule has 0 spiro atoms. The van der Waals surface area contributed by atoms with E-state index >= 15 is 0 Å². The van der Waals surface area contributed by atoms with Crippen molar-refractivity contribution in [3.05, 3.63) is 29.6 Å². The molecule has 1 aliphatic heterocycles. The first-order valence-corrected chi connectivity index (χ1v) is 4.54. The first-order valence-electron chi connectivity index (χ1n) is 4.54. The van der Waals surface area contributed by atoms with Crippen LogP contribution in [0.2, 0.25) is 0 Å². The van der Waals surface area contributed by atoms with E-state index in [0.29, 0.717) is 19.2 Å². The molecule has 2 nitrogen and oxygen atoms in total. The molecule has 0 amide bonds. The van der Waals surface area contributed by atoms with Gasteiger partial charge in [0.1, 0.15) is 11.4 Å². The highest BCUT2D eigenvalue weighted by Crippen LogP contribution is 2.27. The third-order valence-electron chi connectivity index (χ3n) is 2.31. The number of hydrogen-bond donors (Lipinski definition) is 1. The molecule has 0 radical (unpaired) electrons. The lowest BCUT2D eigenvalue weighted by Crippen LogP contribution is -2.61. The molecule has 5 heteroatoms. The summed E-state index contributed by atoms with van der Waals surface area (Å²) < 4.78 is 44.0. The summed E-state index contributed by atoms with van der Waals surface area (Å²) in [6, 6.07) is 1.34. The molecule has 1 aromatic rings. The minimum absolute atomic E-state index is 0.378. The average molecular weight is 217 g/mol. The molecule has 1 aliphatic rings. The molecule has 1 fully saturated rings. The molecule has 15 heavy (non-hydrogen) atoms. The number of halogens is 3. The quantitative estimate of drug-likeness (QED) is 0.763. The predicted molar refractivity (Wildman–Crippen MR) is 48.2 cm³/mol. The highest BCUT2D eigenvalue weighted by molar-refractivity contribution is 5.27. The van der Waals surface area contributed by atoms with Gasteiger partial charge < -0.3 is 10.1 Å². The smallest absolute Gasteiger partial charge is 0.200 e. The summed E-state index contributed by atoms with van der Waals surface area (Å²) >= 11 is 0. The minimum atomic E-state index is -1.24. The van der Waals surface area contributed by atoms with Gasteiger partial charge in [-0.25, -0.2) is 8.78 Å². The fourth-order valence-electron chi connectivity index (χ4n) is 1.42. The normalized spacial score (nSPS) is 18.4. The molecule has 0 atom stereocenters. The maximum Gasteiger partial charge on any atom is 0.200 e. The van der Waals surface area contributed by atoms with E-state index in [1.807, 2.05) is 0 Å². The van der Waals surface area contributed by atoms with Gasteiger partial charge in [-0.15, -0.1) is 0 Å². The molecule has 0 bridgehead atoms. The van der Waals surface area contributed by atoms with Crippen LogP contribution in [0.3, 0.4) is 0 Å². The molecule has 1 heterocycles. The van der Waals surface area contributed by atoms with Gasteiger partial charge in [0.05, 0.1) is 0 Å². The summed E-state index contributed by atoms with van der Waals surface area (Å²) in [6.07, 6.45) is 0. The summed E-state index contributed by atoms with van der Waals surface area (Å²) in [6.45, 7) is 2.81. The van der Waals surface area contributed by atoms with E-state index in [4.69, 9.17) is 4.74 Å². The third-order valence-corrected chi connectivity index (χ3v) is 2.31. The topological polar surface area (TPSA) is 21.3 Å². The number of nitrogens with one attached hydrogen (secondary N) is 1. The zero-order chi connectivity index (χ0) is 11.1. The Morgan fingerprint density at radius 2 is 1.93 bits per heavy atom. The molecule has 0 aromatic heterocycles. The maximum absolute atomic E-state index is 13.2. The molecule has 82 valence electrons. The Kier molecular flexibility index (Phi) is 2.34. The van der Waals surface area contributed by atoms with Gasteiger partial charge in [-0.3, -0.25) is 0 Å². The zero-order valence-electron chi connectivity index (χ0n) is 8.11. The predicted octanol–water partition coefficient (Wildman–Crippen LogP) is 1.84. The number of hydrogen-bond acceptors (Lipinski definition) is 2. The van der Waals surface area contributed by atoms with Gasteiger partial charge in [-0.1, -0.05) is 0 Å². The molecule has 1 N–H and O–H groups in total. The first kappa shape index (κ1) is 10.3. The van der Waals surface area contributed by atoms with Crippen LogP contribution in [-0.4, -0.2) is 18.7 Å². The fraction of sp³-hybridized carbons (Fsp3) is 0.400. The largest absolute Gasteiger partial charge is 0.482 e. The van der Waals surface area contributed by atoms with Gasteiger partial charge in [0.2, 0.25) is 5.82 Å². The van der Waals surface area contributed by atoms with Crippen LogP contribution in [0, 0.1) is 17.5 Å². The SMILES string of the molecule is CC1(Oc2cc(F)cc(F)c2F)CNC1. The van der Waals surface area contributed by atoms with Crippen LogP contribution in [0.15, 0.2) is 12.1 Å². The molecule has 1 aromatic carbocycles. The summed E-state index contributed by atoms with van der Waals surface area (Å²) in [5, 5.41) is 2.94. The Labute approximate surface area is 85.0 Å². The lowest BCUT2D eigenvalue weighted by Gasteiger charge is -2.39. The summed E-state index contributed by atoms with van der Waals surface area (Å²) in [5.74, 6) is -3.61. The van der Waals surface area contributed by atoms with Crippen molar-refractivity contribution in [1.82, 2.24) is 5.32 Å². The number of rotatable bonds is 2. The Morgan fingerprint density at radius 3 is 2.47 bits per heavy atom. The summed E-state index contributed by atoms with van der Waals surface area (Å²) in [7, 11) is 0. The second-order valence-electron chi connectivity index (χ2n) is 3.86. The van der Waals surface area contributed by atoms with Crippen LogP contribution < -0.4 is 10.1 Å². The van der Waals surface area contributed by atoms with Gasteiger partial charge in [0.25, 0.3) is 0 Å². The lowest BCUT2D eigenvalue weighted by atomic mass is 10.00. The summed E-state index contributed by atoms with van der Waals surface area (Å²) in [5.41, 5.74) is -0.582. The van der Waals surface area contributed by atoms with Crippen molar-refractivity contribution >= 4 is 0 Å². The van der Waals surface area contributed by atoms with E-state index in [2.05, 4.69) is 5.32 Å². The molecular formula is C10H10F3NO. The van der Waals surface area contributed by atoms with E-state index in [-0.39, 0.29) is 5.75 Å². The van der Waals surface area contributed by atoms with Crippen LogP contribution in [0.5, 0.6) is 5.75 Å². The highest BCUT2D eigenvalue weighted by atomic mass is 19.2.